The molecule has 5 fully saturated rings. The largest absolute Gasteiger partial charge is 0.353 e. The monoisotopic (exact) mass is 262 g/mol. The van der Waals surface area contributed by atoms with Gasteiger partial charge in [-0.25, -0.2) is 0 Å². The van der Waals surface area contributed by atoms with Crippen LogP contribution in [0, 0.1) is 29.6 Å². The maximum atomic E-state index is 12.5. The first-order chi connectivity index (χ1) is 9.29. The molecule has 0 spiro atoms. The van der Waals surface area contributed by atoms with Crippen LogP contribution in [0.1, 0.15) is 44.9 Å². The van der Waals surface area contributed by atoms with E-state index in [2.05, 4.69) is 10.6 Å². The van der Waals surface area contributed by atoms with E-state index in [9.17, 15) is 4.79 Å². The summed E-state index contributed by atoms with van der Waals surface area (Å²) in [5.41, 5.74) is 0. The van der Waals surface area contributed by atoms with Crippen LogP contribution in [0.25, 0.3) is 0 Å². The van der Waals surface area contributed by atoms with Crippen LogP contribution < -0.4 is 10.6 Å². The van der Waals surface area contributed by atoms with E-state index < -0.39 is 0 Å². The van der Waals surface area contributed by atoms with Crippen molar-refractivity contribution in [3.05, 3.63) is 0 Å². The van der Waals surface area contributed by atoms with E-state index in [-0.39, 0.29) is 5.92 Å². The quantitative estimate of drug-likeness (QED) is 0.798. The molecule has 3 heteroatoms. The molecule has 1 aliphatic heterocycles. The maximum absolute atomic E-state index is 12.5. The molecule has 0 aromatic heterocycles. The Balaban J connectivity index is 1.41. The van der Waals surface area contributed by atoms with Crippen molar-refractivity contribution in [2.24, 2.45) is 29.6 Å². The Labute approximate surface area is 115 Å². The number of carbonyl (C=O) groups excluding carboxylic acids is 1. The van der Waals surface area contributed by atoms with Gasteiger partial charge in [-0.05, 0) is 81.7 Å². The van der Waals surface area contributed by atoms with Crippen LogP contribution in [0.5, 0.6) is 0 Å². The van der Waals surface area contributed by atoms with Gasteiger partial charge in [0.1, 0.15) is 0 Å². The smallest absolute Gasteiger partial charge is 0.223 e. The van der Waals surface area contributed by atoms with E-state index in [0.29, 0.717) is 11.9 Å². The van der Waals surface area contributed by atoms with E-state index in [1.54, 1.807) is 0 Å². The van der Waals surface area contributed by atoms with Crippen molar-refractivity contribution in [3.8, 4) is 0 Å². The van der Waals surface area contributed by atoms with Crippen LogP contribution in [0.2, 0.25) is 0 Å². The Hall–Kier alpha value is -0.570. The van der Waals surface area contributed by atoms with Gasteiger partial charge >= 0.3 is 0 Å². The van der Waals surface area contributed by atoms with Gasteiger partial charge in [0.05, 0.1) is 0 Å². The molecule has 19 heavy (non-hydrogen) atoms. The molecule has 2 N–H and O–H groups in total. The number of piperidine rings is 1. The molecular formula is C16H26N2O. The SMILES string of the molecule is O=C(NC1C2CC3CC(C2)CC1C3)C1CCNCC1. The van der Waals surface area contributed by atoms with Gasteiger partial charge < -0.3 is 10.6 Å². The molecule has 106 valence electrons. The van der Waals surface area contributed by atoms with E-state index in [1.165, 1.54) is 32.1 Å². The first-order valence-corrected chi connectivity index (χ1v) is 8.30. The van der Waals surface area contributed by atoms with Crippen LogP contribution in [0.4, 0.5) is 0 Å². The lowest BCUT2D eigenvalue weighted by molar-refractivity contribution is -0.129. The van der Waals surface area contributed by atoms with Crippen molar-refractivity contribution in [2.75, 3.05) is 13.1 Å². The van der Waals surface area contributed by atoms with Crippen LogP contribution in [-0.2, 0) is 4.79 Å². The van der Waals surface area contributed by atoms with Crippen molar-refractivity contribution in [1.29, 1.82) is 0 Å². The van der Waals surface area contributed by atoms with Gasteiger partial charge in [0.25, 0.3) is 0 Å². The Morgan fingerprint density at radius 2 is 1.47 bits per heavy atom. The number of nitrogens with one attached hydrogen (secondary N) is 2. The fraction of sp³-hybridized carbons (Fsp3) is 0.938. The lowest BCUT2D eigenvalue weighted by atomic mass is 9.54. The van der Waals surface area contributed by atoms with Gasteiger partial charge in [0.2, 0.25) is 5.91 Å². The van der Waals surface area contributed by atoms with Gasteiger partial charge in [-0.1, -0.05) is 0 Å². The third-order valence-corrected chi connectivity index (χ3v) is 6.25. The molecule has 0 aromatic rings. The van der Waals surface area contributed by atoms with Gasteiger partial charge in [-0.3, -0.25) is 4.79 Å². The molecule has 1 saturated heterocycles. The minimum absolute atomic E-state index is 0.276. The second-order valence-corrected chi connectivity index (χ2v) is 7.49. The van der Waals surface area contributed by atoms with Crippen molar-refractivity contribution in [3.63, 3.8) is 0 Å². The van der Waals surface area contributed by atoms with Gasteiger partial charge in [0, 0.05) is 12.0 Å². The van der Waals surface area contributed by atoms with Crippen LogP contribution in [-0.4, -0.2) is 25.0 Å². The third-order valence-electron chi connectivity index (χ3n) is 6.25. The molecule has 0 atom stereocenters. The maximum Gasteiger partial charge on any atom is 0.223 e. The zero-order valence-electron chi connectivity index (χ0n) is 11.7. The number of hydrogen-bond donors (Lipinski definition) is 2. The Bertz CT molecular complexity index is 334. The molecule has 4 bridgehead atoms. The number of amides is 1. The fourth-order valence-corrected chi connectivity index (χ4v) is 5.53. The summed E-state index contributed by atoms with van der Waals surface area (Å²) >= 11 is 0. The summed E-state index contributed by atoms with van der Waals surface area (Å²) in [6.45, 7) is 2.03. The van der Waals surface area contributed by atoms with Crippen LogP contribution in [0.15, 0.2) is 0 Å². The Morgan fingerprint density at radius 1 is 0.895 bits per heavy atom. The van der Waals surface area contributed by atoms with Crippen molar-refractivity contribution >= 4 is 5.91 Å². The molecule has 5 aliphatic rings. The molecule has 3 nitrogen and oxygen atoms in total. The van der Waals surface area contributed by atoms with Crippen molar-refractivity contribution in [2.45, 2.75) is 51.0 Å². The summed E-state index contributed by atoms with van der Waals surface area (Å²) in [7, 11) is 0. The summed E-state index contributed by atoms with van der Waals surface area (Å²) in [4.78, 5) is 12.5. The molecule has 1 amide bonds. The normalized spacial score (nSPS) is 45.4. The second-order valence-electron chi connectivity index (χ2n) is 7.49. The summed E-state index contributed by atoms with van der Waals surface area (Å²) in [5.74, 6) is 4.24. The van der Waals surface area contributed by atoms with Gasteiger partial charge in [-0.2, -0.15) is 0 Å². The first kappa shape index (κ1) is 12.2. The number of rotatable bonds is 2. The molecule has 0 aromatic carbocycles. The molecular weight excluding hydrogens is 236 g/mol. The molecule has 1 heterocycles. The zero-order valence-corrected chi connectivity index (χ0v) is 11.7. The standard InChI is InChI=1S/C16H26N2O/c19-16(12-1-3-17-4-2-12)18-15-13-6-10-5-11(8-13)9-14(15)7-10/h10-15,17H,1-9H2,(H,18,19). The minimum atomic E-state index is 0.276. The highest BCUT2D eigenvalue weighted by molar-refractivity contribution is 5.79. The number of hydrogen-bond acceptors (Lipinski definition) is 2. The summed E-state index contributed by atoms with van der Waals surface area (Å²) in [6.07, 6.45) is 9.11. The van der Waals surface area contributed by atoms with Crippen molar-refractivity contribution < 1.29 is 4.79 Å². The van der Waals surface area contributed by atoms with E-state index in [0.717, 1.165) is 49.6 Å². The van der Waals surface area contributed by atoms with Crippen molar-refractivity contribution in [1.82, 2.24) is 10.6 Å². The van der Waals surface area contributed by atoms with E-state index >= 15 is 0 Å². The lowest BCUT2D eigenvalue weighted by Gasteiger charge is -2.54. The molecule has 5 rings (SSSR count). The first-order valence-electron chi connectivity index (χ1n) is 8.30. The predicted octanol–water partition coefficient (Wildman–Crippen LogP) is 1.93. The predicted molar refractivity (Wildman–Crippen MR) is 74.6 cm³/mol. The average Bonchev–Trinajstić information content (AvgIpc) is 2.43. The summed E-state index contributed by atoms with van der Waals surface area (Å²) in [6, 6.07) is 0.523. The van der Waals surface area contributed by atoms with E-state index in [1.807, 2.05) is 0 Å². The molecule has 4 saturated carbocycles. The second kappa shape index (κ2) is 4.76. The highest BCUT2D eigenvalue weighted by Gasteiger charge is 2.48. The molecule has 0 radical (unpaired) electrons. The van der Waals surface area contributed by atoms with Crippen LogP contribution in [0.3, 0.4) is 0 Å². The Morgan fingerprint density at radius 3 is 2.05 bits per heavy atom. The lowest BCUT2D eigenvalue weighted by Crippen LogP contribution is -2.57. The fourth-order valence-electron chi connectivity index (χ4n) is 5.53. The summed E-state index contributed by atoms with van der Waals surface area (Å²) in [5, 5.41) is 6.81. The highest BCUT2D eigenvalue weighted by Crippen LogP contribution is 2.53. The average molecular weight is 262 g/mol. The molecule has 0 unspecified atom stereocenters. The Kier molecular flexibility index (Phi) is 3.06. The topological polar surface area (TPSA) is 41.1 Å². The number of carbonyl (C=O) groups is 1. The van der Waals surface area contributed by atoms with Gasteiger partial charge in [-0.15, -0.1) is 0 Å². The third kappa shape index (κ3) is 2.20. The summed E-state index contributed by atoms with van der Waals surface area (Å²) < 4.78 is 0. The van der Waals surface area contributed by atoms with Crippen LogP contribution >= 0.6 is 0 Å². The minimum Gasteiger partial charge on any atom is -0.353 e. The zero-order chi connectivity index (χ0) is 12.8. The molecule has 4 aliphatic carbocycles. The van der Waals surface area contributed by atoms with Gasteiger partial charge in [0.15, 0.2) is 0 Å². The van der Waals surface area contributed by atoms with E-state index in [4.69, 9.17) is 0 Å². The highest BCUT2D eigenvalue weighted by atomic mass is 16.2.